The lowest BCUT2D eigenvalue weighted by molar-refractivity contribution is -0.121. The van der Waals surface area contributed by atoms with Crippen molar-refractivity contribution in [2.45, 2.75) is 19.4 Å². The minimum atomic E-state index is -0.0161. The highest BCUT2D eigenvalue weighted by atomic mass is 127. The van der Waals surface area contributed by atoms with E-state index >= 15 is 0 Å². The first kappa shape index (κ1) is 23.3. The summed E-state index contributed by atoms with van der Waals surface area (Å²) in [7, 11) is 1.74. The summed E-state index contributed by atoms with van der Waals surface area (Å²) < 4.78 is 5.48. The van der Waals surface area contributed by atoms with E-state index in [2.05, 4.69) is 22.5 Å². The van der Waals surface area contributed by atoms with Crippen LogP contribution in [0.5, 0.6) is 5.75 Å². The van der Waals surface area contributed by atoms with Crippen LogP contribution >= 0.6 is 35.6 Å². The van der Waals surface area contributed by atoms with Crippen LogP contribution < -0.4 is 20.3 Å². The van der Waals surface area contributed by atoms with Gasteiger partial charge in [0.25, 0.3) is 5.91 Å². The fourth-order valence-corrected chi connectivity index (χ4v) is 3.20. The molecule has 0 aromatic heterocycles. The first-order valence-electron chi connectivity index (χ1n) is 9.33. The van der Waals surface area contributed by atoms with Gasteiger partial charge in [-0.1, -0.05) is 35.9 Å². The highest BCUT2D eigenvalue weighted by Crippen LogP contribution is 2.31. The van der Waals surface area contributed by atoms with Crippen LogP contribution in [0.25, 0.3) is 0 Å². The summed E-state index contributed by atoms with van der Waals surface area (Å²) in [6, 6.07) is 15.5. The number of halogens is 2. The topological polar surface area (TPSA) is 66.0 Å². The number of guanidine groups is 1. The van der Waals surface area contributed by atoms with Gasteiger partial charge in [0.15, 0.2) is 12.6 Å². The molecule has 0 saturated carbocycles. The van der Waals surface area contributed by atoms with E-state index in [1.807, 2.05) is 48.5 Å². The molecule has 1 atom stereocenters. The third-order valence-corrected chi connectivity index (χ3v) is 4.86. The number of hydrogen-bond acceptors (Lipinski definition) is 3. The minimum Gasteiger partial charge on any atom is -0.482 e. The smallest absolute Gasteiger partial charge is 0.265 e. The second-order valence-electron chi connectivity index (χ2n) is 6.57. The predicted octanol–water partition coefficient (Wildman–Crippen LogP) is 4.00. The molecule has 0 fully saturated rings. The van der Waals surface area contributed by atoms with Gasteiger partial charge in [0.1, 0.15) is 5.75 Å². The second kappa shape index (κ2) is 11.3. The van der Waals surface area contributed by atoms with Crippen molar-refractivity contribution in [3.63, 3.8) is 0 Å². The fourth-order valence-electron chi connectivity index (χ4n) is 3.08. The number of ether oxygens (including phenoxy) is 1. The second-order valence-corrected chi connectivity index (χ2v) is 7.01. The Kier molecular flexibility index (Phi) is 9.03. The maximum Gasteiger partial charge on any atom is 0.265 e. The van der Waals surface area contributed by atoms with Crippen LogP contribution in [0.2, 0.25) is 5.02 Å². The Labute approximate surface area is 193 Å². The average Bonchev–Trinajstić information content (AvgIpc) is 2.71. The lowest BCUT2D eigenvalue weighted by Gasteiger charge is -2.29. The standard InChI is InChI=1S/C21H25ClN4O2.HI/c1-15(16-8-10-17(22)11-9-16)25-21(23-2)24-12-5-13-26-18-6-3-4-7-19(18)28-14-20(26)27;/h3-4,6-11,15H,5,12-14H2,1-2H3,(H2,23,24,25);1H. The number of para-hydroxylation sites is 2. The van der Waals surface area contributed by atoms with Gasteiger partial charge in [-0.15, -0.1) is 24.0 Å². The zero-order valence-corrected chi connectivity index (χ0v) is 19.6. The van der Waals surface area contributed by atoms with Crippen LogP contribution in [-0.2, 0) is 4.79 Å². The summed E-state index contributed by atoms with van der Waals surface area (Å²) >= 11 is 5.95. The molecule has 0 bridgehead atoms. The molecule has 2 N–H and O–H groups in total. The van der Waals surface area contributed by atoms with Crippen LogP contribution in [0, 0.1) is 0 Å². The van der Waals surface area contributed by atoms with Crippen molar-refractivity contribution in [3.8, 4) is 5.75 Å². The number of rotatable bonds is 6. The first-order chi connectivity index (χ1) is 13.6. The number of aliphatic imine (C=N–C) groups is 1. The Balaban J connectivity index is 0.00000300. The number of nitrogens with one attached hydrogen (secondary N) is 2. The van der Waals surface area contributed by atoms with Gasteiger partial charge in [-0.25, -0.2) is 0 Å². The first-order valence-corrected chi connectivity index (χ1v) is 9.71. The molecule has 1 aliphatic heterocycles. The molecule has 3 rings (SSSR count). The van der Waals surface area contributed by atoms with E-state index in [9.17, 15) is 4.79 Å². The van der Waals surface area contributed by atoms with E-state index in [1.165, 1.54) is 0 Å². The summed E-state index contributed by atoms with van der Waals surface area (Å²) in [6.07, 6.45) is 0.788. The molecule has 0 saturated heterocycles. The summed E-state index contributed by atoms with van der Waals surface area (Å²) in [4.78, 5) is 18.3. The fraction of sp³-hybridized carbons (Fsp3) is 0.333. The zero-order chi connectivity index (χ0) is 19.9. The molecule has 0 spiro atoms. The van der Waals surface area contributed by atoms with E-state index in [4.69, 9.17) is 16.3 Å². The highest BCUT2D eigenvalue weighted by Gasteiger charge is 2.24. The maximum absolute atomic E-state index is 12.2. The molecule has 0 aliphatic carbocycles. The summed E-state index contributed by atoms with van der Waals surface area (Å²) in [5.74, 6) is 1.46. The monoisotopic (exact) mass is 528 g/mol. The molecule has 1 heterocycles. The summed E-state index contributed by atoms with van der Waals surface area (Å²) in [6.45, 7) is 3.47. The number of benzene rings is 2. The number of hydrogen-bond donors (Lipinski definition) is 2. The Bertz CT molecular complexity index is 845. The highest BCUT2D eigenvalue weighted by molar-refractivity contribution is 14.0. The summed E-state index contributed by atoms with van der Waals surface area (Å²) in [5.41, 5.74) is 1.96. The largest absolute Gasteiger partial charge is 0.482 e. The van der Waals surface area contributed by atoms with E-state index in [-0.39, 0.29) is 42.5 Å². The van der Waals surface area contributed by atoms with Gasteiger partial charge in [0, 0.05) is 25.2 Å². The molecule has 29 heavy (non-hydrogen) atoms. The van der Waals surface area contributed by atoms with Crippen molar-refractivity contribution in [2.75, 3.05) is 31.6 Å². The molecule has 1 unspecified atom stereocenters. The minimum absolute atomic E-state index is 0. The van der Waals surface area contributed by atoms with Gasteiger partial charge in [-0.3, -0.25) is 9.79 Å². The number of carbonyl (C=O) groups is 1. The molecule has 2 aromatic carbocycles. The quantitative estimate of drug-likeness (QED) is 0.257. The van der Waals surface area contributed by atoms with Crippen LogP contribution in [0.15, 0.2) is 53.5 Å². The van der Waals surface area contributed by atoms with Gasteiger partial charge in [0.2, 0.25) is 0 Å². The number of anilines is 1. The van der Waals surface area contributed by atoms with Gasteiger partial charge >= 0.3 is 0 Å². The lowest BCUT2D eigenvalue weighted by atomic mass is 10.1. The van der Waals surface area contributed by atoms with Gasteiger partial charge in [-0.2, -0.15) is 0 Å². The van der Waals surface area contributed by atoms with Crippen LogP contribution in [0.4, 0.5) is 5.69 Å². The van der Waals surface area contributed by atoms with Gasteiger partial charge in [-0.05, 0) is 43.2 Å². The van der Waals surface area contributed by atoms with Crippen molar-refractivity contribution in [2.24, 2.45) is 4.99 Å². The van der Waals surface area contributed by atoms with Crippen LogP contribution in [0.1, 0.15) is 24.9 Å². The Morgan fingerprint density at radius 2 is 1.97 bits per heavy atom. The van der Waals surface area contributed by atoms with Crippen molar-refractivity contribution < 1.29 is 9.53 Å². The molecule has 8 heteroatoms. The van der Waals surface area contributed by atoms with Crippen LogP contribution in [0.3, 0.4) is 0 Å². The van der Waals surface area contributed by atoms with Crippen molar-refractivity contribution >= 4 is 53.1 Å². The van der Waals surface area contributed by atoms with Crippen LogP contribution in [-0.4, -0.2) is 38.6 Å². The van der Waals surface area contributed by atoms with E-state index < -0.39 is 0 Å². The molecule has 0 radical (unpaired) electrons. The molecular formula is C21H26ClIN4O2. The van der Waals surface area contributed by atoms with Gasteiger partial charge < -0.3 is 20.3 Å². The molecule has 2 aromatic rings. The summed E-state index contributed by atoms with van der Waals surface area (Å²) in [5, 5.41) is 7.38. The van der Waals surface area contributed by atoms with Gasteiger partial charge in [0.05, 0.1) is 11.7 Å². The Morgan fingerprint density at radius 1 is 1.24 bits per heavy atom. The maximum atomic E-state index is 12.2. The Hall–Kier alpha value is -2.00. The predicted molar refractivity (Wildman–Crippen MR) is 129 cm³/mol. The van der Waals surface area contributed by atoms with E-state index in [1.54, 1.807) is 11.9 Å². The zero-order valence-electron chi connectivity index (χ0n) is 16.5. The normalized spacial score (nSPS) is 14.4. The number of fused-ring (bicyclic) bond motifs is 1. The molecule has 156 valence electrons. The third-order valence-electron chi connectivity index (χ3n) is 4.61. The number of carbonyl (C=O) groups excluding carboxylic acids is 1. The third kappa shape index (κ3) is 6.24. The molecule has 1 amide bonds. The number of nitrogens with zero attached hydrogens (tertiary/aromatic N) is 2. The van der Waals surface area contributed by atoms with E-state index in [0.29, 0.717) is 13.1 Å². The molecule has 6 nitrogen and oxygen atoms in total. The van der Waals surface area contributed by atoms with Crippen molar-refractivity contribution in [3.05, 3.63) is 59.1 Å². The number of amides is 1. The lowest BCUT2D eigenvalue weighted by Crippen LogP contribution is -2.42. The van der Waals surface area contributed by atoms with Crippen molar-refractivity contribution in [1.29, 1.82) is 0 Å². The van der Waals surface area contributed by atoms with E-state index in [0.717, 1.165) is 34.4 Å². The molecular weight excluding hydrogens is 503 g/mol. The average molecular weight is 529 g/mol. The Morgan fingerprint density at radius 3 is 2.69 bits per heavy atom. The van der Waals surface area contributed by atoms with Crippen molar-refractivity contribution in [1.82, 2.24) is 10.6 Å². The molecule has 1 aliphatic rings. The SMILES string of the molecule is CN=C(NCCCN1C(=O)COc2ccccc21)NC(C)c1ccc(Cl)cc1.I.